The number of anilines is 1. The van der Waals surface area contributed by atoms with Crippen molar-refractivity contribution in [2.75, 3.05) is 18.4 Å². The number of rotatable bonds is 8. The second kappa shape index (κ2) is 8.74. The van der Waals surface area contributed by atoms with Gasteiger partial charge in [-0.25, -0.2) is 0 Å². The maximum absolute atomic E-state index is 12.4. The Hall–Kier alpha value is -1.46. The third-order valence-electron chi connectivity index (χ3n) is 3.40. The molecule has 1 rings (SSSR count). The SMILES string of the molecule is CCCN(CCC)C(C)C(=O)Nc1ccccc1C(N)=S. The summed E-state index contributed by atoms with van der Waals surface area (Å²) in [6, 6.07) is 7.18. The maximum Gasteiger partial charge on any atom is 0.241 e. The van der Waals surface area contributed by atoms with Gasteiger partial charge in [0.25, 0.3) is 0 Å². The Kier molecular flexibility index (Phi) is 7.32. The van der Waals surface area contributed by atoms with E-state index in [1.54, 1.807) is 0 Å². The summed E-state index contributed by atoms with van der Waals surface area (Å²) in [6.07, 6.45) is 2.06. The Labute approximate surface area is 132 Å². The number of para-hydroxylation sites is 1. The molecule has 1 aromatic rings. The second-order valence-electron chi connectivity index (χ2n) is 5.11. The van der Waals surface area contributed by atoms with Gasteiger partial charge in [-0.3, -0.25) is 9.69 Å². The Bertz CT molecular complexity index is 484. The monoisotopic (exact) mass is 307 g/mol. The van der Waals surface area contributed by atoms with Gasteiger partial charge in [0.05, 0.1) is 11.7 Å². The van der Waals surface area contributed by atoms with E-state index in [2.05, 4.69) is 24.1 Å². The molecule has 5 heteroatoms. The van der Waals surface area contributed by atoms with E-state index in [4.69, 9.17) is 18.0 Å². The molecule has 0 aliphatic carbocycles. The number of nitrogens with one attached hydrogen (secondary N) is 1. The average molecular weight is 307 g/mol. The number of nitrogens with zero attached hydrogens (tertiary/aromatic N) is 1. The van der Waals surface area contributed by atoms with E-state index in [0.717, 1.165) is 25.9 Å². The Morgan fingerprint density at radius 1 is 1.29 bits per heavy atom. The van der Waals surface area contributed by atoms with E-state index in [0.29, 0.717) is 11.3 Å². The second-order valence-corrected chi connectivity index (χ2v) is 5.55. The highest BCUT2D eigenvalue weighted by molar-refractivity contribution is 7.80. The van der Waals surface area contributed by atoms with Gasteiger partial charge >= 0.3 is 0 Å². The summed E-state index contributed by atoms with van der Waals surface area (Å²) in [5, 5.41) is 2.94. The van der Waals surface area contributed by atoms with Crippen molar-refractivity contribution in [1.82, 2.24) is 4.90 Å². The molecule has 116 valence electrons. The topological polar surface area (TPSA) is 58.4 Å². The minimum absolute atomic E-state index is 0.0272. The van der Waals surface area contributed by atoms with E-state index < -0.39 is 0 Å². The van der Waals surface area contributed by atoms with Gasteiger partial charge in [0.1, 0.15) is 4.99 Å². The number of nitrogens with two attached hydrogens (primary N) is 1. The van der Waals surface area contributed by atoms with Crippen molar-refractivity contribution in [2.45, 2.75) is 39.7 Å². The van der Waals surface area contributed by atoms with Gasteiger partial charge in [-0.05, 0) is 45.0 Å². The summed E-state index contributed by atoms with van der Waals surface area (Å²) in [6.45, 7) is 8.01. The Morgan fingerprint density at radius 2 is 1.86 bits per heavy atom. The molecule has 0 aliphatic rings. The minimum atomic E-state index is -0.177. The van der Waals surface area contributed by atoms with Gasteiger partial charge < -0.3 is 11.1 Å². The molecule has 0 fully saturated rings. The molecule has 1 atom stereocenters. The van der Waals surface area contributed by atoms with Crippen molar-refractivity contribution in [2.24, 2.45) is 5.73 Å². The van der Waals surface area contributed by atoms with Gasteiger partial charge in [-0.1, -0.05) is 38.2 Å². The van der Waals surface area contributed by atoms with E-state index in [9.17, 15) is 4.79 Å². The third kappa shape index (κ3) is 5.10. The van der Waals surface area contributed by atoms with Crippen LogP contribution in [0.15, 0.2) is 24.3 Å². The molecule has 4 nitrogen and oxygen atoms in total. The van der Waals surface area contributed by atoms with E-state index in [1.807, 2.05) is 31.2 Å². The molecule has 0 spiro atoms. The average Bonchev–Trinajstić information content (AvgIpc) is 2.46. The van der Waals surface area contributed by atoms with Crippen LogP contribution in [0.2, 0.25) is 0 Å². The summed E-state index contributed by atoms with van der Waals surface area (Å²) in [7, 11) is 0. The van der Waals surface area contributed by atoms with Crippen LogP contribution in [0.25, 0.3) is 0 Å². The normalized spacial score (nSPS) is 12.2. The Morgan fingerprint density at radius 3 is 2.38 bits per heavy atom. The van der Waals surface area contributed by atoms with Crippen LogP contribution in [0.1, 0.15) is 39.2 Å². The van der Waals surface area contributed by atoms with Crippen molar-refractivity contribution >= 4 is 28.8 Å². The molecule has 0 aromatic heterocycles. The predicted molar refractivity (Wildman–Crippen MR) is 92.6 cm³/mol. The van der Waals surface area contributed by atoms with Gasteiger partial charge in [0.2, 0.25) is 5.91 Å². The van der Waals surface area contributed by atoms with Crippen molar-refractivity contribution in [1.29, 1.82) is 0 Å². The standard InChI is InChI=1S/C16H25N3OS/c1-4-10-19(11-5-2)12(3)16(20)18-14-9-7-6-8-13(14)15(17)21/h6-9,12H,4-5,10-11H2,1-3H3,(H2,17,21)(H,18,20). The molecule has 0 radical (unpaired) electrons. The number of benzene rings is 1. The largest absolute Gasteiger partial charge is 0.389 e. The van der Waals surface area contributed by atoms with Crippen LogP contribution in [-0.4, -0.2) is 34.9 Å². The molecule has 21 heavy (non-hydrogen) atoms. The zero-order valence-corrected chi connectivity index (χ0v) is 13.9. The maximum atomic E-state index is 12.4. The van der Waals surface area contributed by atoms with Crippen LogP contribution in [-0.2, 0) is 4.79 Å². The molecule has 0 aliphatic heterocycles. The van der Waals surface area contributed by atoms with E-state index >= 15 is 0 Å². The zero-order valence-electron chi connectivity index (χ0n) is 13.1. The fourth-order valence-electron chi connectivity index (χ4n) is 2.28. The number of carbonyl (C=O) groups excluding carboxylic acids is 1. The molecule has 1 unspecified atom stereocenters. The lowest BCUT2D eigenvalue weighted by atomic mass is 10.1. The van der Waals surface area contributed by atoms with Gasteiger partial charge in [-0.15, -0.1) is 0 Å². The number of carbonyl (C=O) groups is 1. The molecule has 1 amide bonds. The predicted octanol–water partition coefficient (Wildman–Crippen LogP) is 2.77. The molecule has 0 heterocycles. The lowest BCUT2D eigenvalue weighted by Crippen LogP contribution is -2.43. The van der Waals surface area contributed by atoms with Crippen LogP contribution >= 0.6 is 12.2 Å². The molecule has 1 aromatic carbocycles. The van der Waals surface area contributed by atoms with Crippen LogP contribution in [0.5, 0.6) is 0 Å². The van der Waals surface area contributed by atoms with Gasteiger partial charge in [0.15, 0.2) is 0 Å². The number of hydrogen-bond donors (Lipinski definition) is 2. The summed E-state index contributed by atoms with van der Waals surface area (Å²) < 4.78 is 0. The lowest BCUT2D eigenvalue weighted by molar-refractivity contribution is -0.120. The van der Waals surface area contributed by atoms with Gasteiger partial charge in [0, 0.05) is 5.56 Å². The highest BCUT2D eigenvalue weighted by atomic mass is 32.1. The van der Waals surface area contributed by atoms with Crippen molar-refractivity contribution in [3.05, 3.63) is 29.8 Å². The first-order valence-corrected chi connectivity index (χ1v) is 7.85. The van der Waals surface area contributed by atoms with Crippen molar-refractivity contribution in [3.8, 4) is 0 Å². The molecule has 0 saturated heterocycles. The van der Waals surface area contributed by atoms with E-state index in [-0.39, 0.29) is 16.9 Å². The van der Waals surface area contributed by atoms with Crippen LogP contribution in [0.3, 0.4) is 0 Å². The van der Waals surface area contributed by atoms with Crippen molar-refractivity contribution in [3.63, 3.8) is 0 Å². The summed E-state index contributed by atoms with van der Waals surface area (Å²) in [4.78, 5) is 14.9. The molecule has 0 saturated carbocycles. The molecular weight excluding hydrogens is 282 g/mol. The smallest absolute Gasteiger partial charge is 0.241 e. The highest BCUT2D eigenvalue weighted by Crippen LogP contribution is 2.16. The number of amides is 1. The molecule has 3 N–H and O–H groups in total. The summed E-state index contributed by atoms with van der Waals surface area (Å²) in [5.74, 6) is -0.0272. The summed E-state index contributed by atoms with van der Waals surface area (Å²) in [5.41, 5.74) is 7.07. The first-order valence-electron chi connectivity index (χ1n) is 7.45. The molecular formula is C16H25N3OS. The third-order valence-corrected chi connectivity index (χ3v) is 3.62. The highest BCUT2D eigenvalue weighted by Gasteiger charge is 2.20. The van der Waals surface area contributed by atoms with Crippen LogP contribution in [0.4, 0.5) is 5.69 Å². The minimum Gasteiger partial charge on any atom is -0.389 e. The fraction of sp³-hybridized carbons (Fsp3) is 0.500. The molecule has 0 bridgehead atoms. The number of thiocarbonyl (C=S) groups is 1. The summed E-state index contributed by atoms with van der Waals surface area (Å²) >= 11 is 5.02. The van der Waals surface area contributed by atoms with Gasteiger partial charge in [-0.2, -0.15) is 0 Å². The Balaban J connectivity index is 2.82. The van der Waals surface area contributed by atoms with E-state index in [1.165, 1.54) is 0 Å². The first kappa shape index (κ1) is 17.6. The first-order chi connectivity index (χ1) is 10.0. The quantitative estimate of drug-likeness (QED) is 0.725. The lowest BCUT2D eigenvalue weighted by Gasteiger charge is -2.27. The van der Waals surface area contributed by atoms with Crippen molar-refractivity contribution < 1.29 is 4.79 Å². The van der Waals surface area contributed by atoms with Crippen LogP contribution < -0.4 is 11.1 Å². The zero-order chi connectivity index (χ0) is 15.8. The van der Waals surface area contributed by atoms with Crippen LogP contribution in [0, 0.1) is 0 Å². The fourth-order valence-corrected chi connectivity index (χ4v) is 2.46. The number of hydrogen-bond acceptors (Lipinski definition) is 3.